The fourth-order valence-electron chi connectivity index (χ4n) is 3.06. The highest BCUT2D eigenvalue weighted by atomic mass is 16.6. The number of fused-ring (bicyclic) bond motifs is 1. The Balaban J connectivity index is 2.26. The molecule has 2 rings (SSSR count). The quantitative estimate of drug-likeness (QED) is 0.443. The topological polar surface area (TPSA) is 52.6 Å². The average molecular weight is 332 g/mol. The zero-order chi connectivity index (χ0) is 17.9. The maximum Gasteiger partial charge on any atom is 0.334 e. The molecular formula is C20H28O4. The molecule has 4 heteroatoms. The summed E-state index contributed by atoms with van der Waals surface area (Å²) in [6.45, 7) is 11.8. The first kappa shape index (κ1) is 18.5. The largest absolute Gasteiger partial charge is 0.458 e. The summed E-state index contributed by atoms with van der Waals surface area (Å²) in [7, 11) is 0. The number of hydrogen-bond acceptors (Lipinski definition) is 4. The van der Waals surface area contributed by atoms with Gasteiger partial charge >= 0.3 is 11.9 Å². The standard InChI is InChI=1S/C20H28O4/c1-6-13(3)19(21)23-17-11-16-15(5)20(22)24-18(16)10-12(2)8-7-9-14(17)4/h9-10,13,16-18H,5-8,11H2,1-4H3/b12-10-,14-9+/t13-,16+,17+,18-/m1/s1. The molecule has 0 unspecified atom stereocenters. The molecule has 1 aliphatic carbocycles. The Bertz CT molecular complexity index is 584. The lowest BCUT2D eigenvalue weighted by Crippen LogP contribution is -2.29. The van der Waals surface area contributed by atoms with Crippen molar-refractivity contribution >= 4 is 11.9 Å². The van der Waals surface area contributed by atoms with E-state index in [9.17, 15) is 9.59 Å². The van der Waals surface area contributed by atoms with Gasteiger partial charge in [0.15, 0.2) is 0 Å². The van der Waals surface area contributed by atoms with Crippen LogP contribution < -0.4 is 0 Å². The molecule has 4 atom stereocenters. The van der Waals surface area contributed by atoms with E-state index in [0.29, 0.717) is 12.0 Å². The Kier molecular flexibility index (Phi) is 6.03. The van der Waals surface area contributed by atoms with Crippen LogP contribution >= 0.6 is 0 Å². The van der Waals surface area contributed by atoms with Gasteiger partial charge in [-0.15, -0.1) is 0 Å². The van der Waals surface area contributed by atoms with E-state index < -0.39 is 0 Å². The zero-order valence-electron chi connectivity index (χ0n) is 15.1. The van der Waals surface area contributed by atoms with Crippen LogP contribution in [0.15, 0.2) is 35.5 Å². The van der Waals surface area contributed by atoms with Crippen LogP contribution in [0.3, 0.4) is 0 Å². The summed E-state index contributed by atoms with van der Waals surface area (Å²) < 4.78 is 11.2. The monoisotopic (exact) mass is 332 g/mol. The van der Waals surface area contributed by atoms with Crippen LogP contribution in [-0.4, -0.2) is 24.1 Å². The van der Waals surface area contributed by atoms with E-state index in [2.05, 4.69) is 19.6 Å². The number of hydrogen-bond donors (Lipinski definition) is 0. The summed E-state index contributed by atoms with van der Waals surface area (Å²) in [6, 6.07) is 0. The van der Waals surface area contributed by atoms with Crippen LogP contribution in [0, 0.1) is 11.8 Å². The molecule has 0 N–H and O–H groups in total. The third-order valence-electron chi connectivity index (χ3n) is 5.05. The number of carbonyl (C=O) groups excluding carboxylic acids is 2. The van der Waals surface area contributed by atoms with Gasteiger partial charge in [-0.05, 0) is 51.2 Å². The van der Waals surface area contributed by atoms with Crippen molar-refractivity contribution in [3.05, 3.63) is 35.5 Å². The van der Waals surface area contributed by atoms with Crippen LogP contribution in [-0.2, 0) is 19.1 Å². The second kappa shape index (κ2) is 7.82. The van der Waals surface area contributed by atoms with Gasteiger partial charge in [-0.2, -0.15) is 0 Å². The zero-order valence-corrected chi connectivity index (χ0v) is 15.1. The maximum absolute atomic E-state index is 12.2. The van der Waals surface area contributed by atoms with E-state index in [1.165, 1.54) is 5.57 Å². The van der Waals surface area contributed by atoms with E-state index in [-0.39, 0.29) is 36.0 Å². The molecule has 0 bridgehead atoms. The SMILES string of the molecule is C=C1C(=O)O[C@@H]2/C=C(/C)CC/C=C(\C)[C@@H](OC(=O)[C@H](C)CC)C[C@@H]12. The van der Waals surface area contributed by atoms with E-state index in [1.54, 1.807) is 0 Å². The number of rotatable bonds is 3. The van der Waals surface area contributed by atoms with Crippen LogP contribution in [0.4, 0.5) is 0 Å². The first-order valence-corrected chi connectivity index (χ1v) is 8.77. The van der Waals surface area contributed by atoms with Crippen molar-refractivity contribution in [2.45, 2.75) is 65.6 Å². The molecule has 1 fully saturated rings. The molecule has 1 aliphatic heterocycles. The summed E-state index contributed by atoms with van der Waals surface area (Å²) in [6.07, 6.45) is 6.57. The summed E-state index contributed by atoms with van der Waals surface area (Å²) >= 11 is 0. The molecule has 1 heterocycles. The van der Waals surface area contributed by atoms with Gasteiger partial charge in [-0.1, -0.05) is 32.1 Å². The van der Waals surface area contributed by atoms with E-state index in [0.717, 1.165) is 24.8 Å². The molecule has 4 nitrogen and oxygen atoms in total. The molecule has 0 spiro atoms. The molecule has 0 radical (unpaired) electrons. The second-order valence-electron chi connectivity index (χ2n) is 6.97. The van der Waals surface area contributed by atoms with Gasteiger partial charge in [0, 0.05) is 11.5 Å². The molecule has 0 saturated carbocycles. The summed E-state index contributed by atoms with van der Waals surface area (Å²) in [4.78, 5) is 24.2. The van der Waals surface area contributed by atoms with Crippen LogP contribution in [0.25, 0.3) is 0 Å². The van der Waals surface area contributed by atoms with Crippen LogP contribution in [0.1, 0.15) is 53.4 Å². The fourth-order valence-corrected chi connectivity index (χ4v) is 3.06. The van der Waals surface area contributed by atoms with Crippen molar-refractivity contribution in [1.29, 1.82) is 0 Å². The van der Waals surface area contributed by atoms with E-state index in [1.807, 2.05) is 26.8 Å². The lowest BCUT2D eigenvalue weighted by atomic mass is 9.86. The number of carbonyl (C=O) groups is 2. The molecule has 0 aromatic heterocycles. The number of ether oxygens (including phenoxy) is 2. The second-order valence-corrected chi connectivity index (χ2v) is 6.97. The van der Waals surface area contributed by atoms with Crippen LogP contribution in [0.5, 0.6) is 0 Å². The average Bonchev–Trinajstić information content (AvgIpc) is 2.79. The molecule has 0 aromatic rings. The number of allylic oxidation sites excluding steroid dienone is 2. The molecule has 1 saturated heterocycles. The normalized spacial score (nSPS) is 33.4. The highest BCUT2D eigenvalue weighted by Gasteiger charge is 2.40. The lowest BCUT2D eigenvalue weighted by Gasteiger charge is -2.26. The Hall–Kier alpha value is -1.84. The summed E-state index contributed by atoms with van der Waals surface area (Å²) in [5, 5.41) is 0. The highest BCUT2D eigenvalue weighted by Crippen LogP contribution is 2.35. The van der Waals surface area contributed by atoms with Crippen molar-refractivity contribution in [1.82, 2.24) is 0 Å². The highest BCUT2D eigenvalue weighted by molar-refractivity contribution is 5.91. The predicted octanol–water partition coefficient (Wildman–Crippen LogP) is 4.12. The minimum atomic E-state index is -0.345. The minimum Gasteiger partial charge on any atom is -0.458 e. The predicted molar refractivity (Wildman–Crippen MR) is 93.2 cm³/mol. The van der Waals surface area contributed by atoms with Gasteiger partial charge in [0.1, 0.15) is 12.2 Å². The molecular weight excluding hydrogens is 304 g/mol. The van der Waals surface area contributed by atoms with Crippen molar-refractivity contribution in [3.8, 4) is 0 Å². The van der Waals surface area contributed by atoms with E-state index >= 15 is 0 Å². The maximum atomic E-state index is 12.2. The Morgan fingerprint density at radius 2 is 2.17 bits per heavy atom. The van der Waals surface area contributed by atoms with Crippen LogP contribution in [0.2, 0.25) is 0 Å². The molecule has 0 amide bonds. The smallest absolute Gasteiger partial charge is 0.334 e. The van der Waals surface area contributed by atoms with Gasteiger partial charge in [0.2, 0.25) is 0 Å². The molecule has 0 aromatic carbocycles. The third kappa shape index (κ3) is 4.16. The van der Waals surface area contributed by atoms with Crippen molar-refractivity contribution < 1.29 is 19.1 Å². The summed E-state index contributed by atoms with van der Waals surface area (Å²) in [5.74, 6) is -0.812. The molecule has 2 aliphatic rings. The first-order valence-electron chi connectivity index (χ1n) is 8.77. The summed E-state index contributed by atoms with van der Waals surface area (Å²) in [5.41, 5.74) is 2.71. The Morgan fingerprint density at radius 1 is 1.46 bits per heavy atom. The minimum absolute atomic E-state index is 0.129. The van der Waals surface area contributed by atoms with Crippen molar-refractivity contribution in [2.24, 2.45) is 11.8 Å². The number of esters is 2. The van der Waals surface area contributed by atoms with Gasteiger partial charge < -0.3 is 9.47 Å². The molecule has 24 heavy (non-hydrogen) atoms. The Morgan fingerprint density at radius 3 is 2.83 bits per heavy atom. The van der Waals surface area contributed by atoms with Crippen molar-refractivity contribution in [2.75, 3.05) is 0 Å². The van der Waals surface area contributed by atoms with Gasteiger partial charge in [-0.25, -0.2) is 4.79 Å². The fraction of sp³-hybridized carbons (Fsp3) is 0.600. The third-order valence-corrected chi connectivity index (χ3v) is 5.05. The lowest BCUT2D eigenvalue weighted by molar-refractivity contribution is -0.152. The van der Waals surface area contributed by atoms with Crippen molar-refractivity contribution in [3.63, 3.8) is 0 Å². The van der Waals surface area contributed by atoms with Gasteiger partial charge in [-0.3, -0.25) is 4.79 Å². The van der Waals surface area contributed by atoms with Gasteiger partial charge in [0.05, 0.1) is 5.92 Å². The van der Waals surface area contributed by atoms with Gasteiger partial charge in [0.25, 0.3) is 0 Å². The molecule has 132 valence electrons. The Labute approximate surface area is 144 Å². The first-order chi connectivity index (χ1) is 11.3. The van der Waals surface area contributed by atoms with E-state index in [4.69, 9.17) is 9.47 Å².